The third-order valence-corrected chi connectivity index (χ3v) is 4.71. The Morgan fingerprint density at radius 2 is 1.64 bits per heavy atom. The van der Waals surface area contributed by atoms with Crippen molar-refractivity contribution in [1.82, 2.24) is 0 Å². The van der Waals surface area contributed by atoms with Gasteiger partial charge >= 0.3 is 0 Å². The summed E-state index contributed by atoms with van der Waals surface area (Å²) < 4.78 is 27.2. The Balaban J connectivity index is 2.29. The Hall–Kier alpha value is -2.05. The van der Waals surface area contributed by atoms with Gasteiger partial charge in [-0.25, -0.2) is 8.42 Å². The molecule has 0 heterocycles. The summed E-state index contributed by atoms with van der Waals surface area (Å²) in [7, 11) is -3.80. The quantitative estimate of drug-likeness (QED) is 0.897. The third-order valence-electron chi connectivity index (χ3n) is 2.85. The van der Waals surface area contributed by atoms with Crippen LogP contribution in [0.5, 0.6) is 0 Å². The van der Waals surface area contributed by atoms with E-state index in [1.165, 1.54) is 25.1 Å². The Morgan fingerprint density at radius 3 is 2.18 bits per heavy atom. The highest BCUT2D eigenvalue weighted by atomic mass is 35.5. The number of anilines is 2. The van der Waals surface area contributed by atoms with E-state index in [2.05, 4.69) is 10.0 Å². The molecule has 2 N–H and O–H groups in total. The third kappa shape index (κ3) is 3.99. The van der Waals surface area contributed by atoms with Crippen LogP contribution in [0.1, 0.15) is 12.5 Å². The number of benzene rings is 2. The molecule has 1 amide bonds. The molecule has 0 aliphatic heterocycles. The van der Waals surface area contributed by atoms with Crippen molar-refractivity contribution in [2.75, 3.05) is 10.0 Å². The zero-order valence-corrected chi connectivity index (χ0v) is 13.6. The Bertz CT molecular complexity index is 802. The van der Waals surface area contributed by atoms with E-state index in [1.807, 2.05) is 6.92 Å². The Morgan fingerprint density at radius 1 is 1.05 bits per heavy atom. The van der Waals surface area contributed by atoms with Crippen LogP contribution in [0.25, 0.3) is 0 Å². The first kappa shape index (κ1) is 16.3. The van der Waals surface area contributed by atoms with Crippen molar-refractivity contribution in [3.05, 3.63) is 53.1 Å². The molecular formula is C15H15ClN2O3S. The molecule has 7 heteroatoms. The van der Waals surface area contributed by atoms with Crippen LogP contribution in [-0.4, -0.2) is 14.3 Å². The first-order valence-corrected chi connectivity index (χ1v) is 8.31. The van der Waals surface area contributed by atoms with Gasteiger partial charge in [0, 0.05) is 18.3 Å². The zero-order chi connectivity index (χ0) is 16.3. The first-order chi connectivity index (χ1) is 10.3. The lowest BCUT2D eigenvalue weighted by atomic mass is 10.2. The number of amides is 1. The van der Waals surface area contributed by atoms with Gasteiger partial charge in [-0.05, 0) is 37.3 Å². The maximum absolute atomic E-state index is 12.4. The summed E-state index contributed by atoms with van der Waals surface area (Å²) in [6, 6.07) is 11.2. The largest absolute Gasteiger partial charge is 0.326 e. The molecule has 0 saturated heterocycles. The van der Waals surface area contributed by atoms with E-state index < -0.39 is 10.0 Å². The van der Waals surface area contributed by atoms with Crippen LogP contribution >= 0.6 is 11.6 Å². The minimum atomic E-state index is -3.80. The van der Waals surface area contributed by atoms with Gasteiger partial charge in [0.15, 0.2) is 0 Å². The van der Waals surface area contributed by atoms with E-state index >= 15 is 0 Å². The average Bonchev–Trinajstić information content (AvgIpc) is 2.40. The number of aryl methyl sites for hydroxylation is 1. The van der Waals surface area contributed by atoms with Crippen LogP contribution in [0, 0.1) is 6.92 Å². The molecule has 0 radical (unpaired) electrons. The molecule has 0 aromatic heterocycles. The molecule has 5 nitrogen and oxygen atoms in total. The topological polar surface area (TPSA) is 75.3 Å². The summed E-state index contributed by atoms with van der Waals surface area (Å²) in [5.74, 6) is -0.260. The standard InChI is InChI=1S/C15H15ClN2O3S/c1-10-3-5-12(6-4-10)18-22(20,21)15-8-7-13(9-14(15)16)17-11(2)19/h3-9,18H,1-2H3,(H,17,19). The molecule has 0 saturated carbocycles. The predicted octanol–water partition coefficient (Wildman–Crippen LogP) is 3.41. The number of hydrogen-bond donors (Lipinski definition) is 2. The SMILES string of the molecule is CC(=O)Nc1ccc(S(=O)(=O)Nc2ccc(C)cc2)c(Cl)c1. The minimum Gasteiger partial charge on any atom is -0.326 e. The maximum atomic E-state index is 12.4. The summed E-state index contributed by atoms with van der Waals surface area (Å²) >= 11 is 6.02. The molecule has 0 fully saturated rings. The van der Waals surface area contributed by atoms with Crippen molar-refractivity contribution in [2.45, 2.75) is 18.7 Å². The fraction of sp³-hybridized carbons (Fsp3) is 0.133. The van der Waals surface area contributed by atoms with Gasteiger partial charge in [-0.15, -0.1) is 0 Å². The van der Waals surface area contributed by atoms with E-state index in [1.54, 1.807) is 24.3 Å². The van der Waals surface area contributed by atoms with E-state index in [4.69, 9.17) is 11.6 Å². The number of sulfonamides is 1. The van der Waals surface area contributed by atoms with Crippen LogP contribution in [0.2, 0.25) is 5.02 Å². The van der Waals surface area contributed by atoms with Crippen molar-refractivity contribution in [3.63, 3.8) is 0 Å². The van der Waals surface area contributed by atoms with Gasteiger partial charge in [0.2, 0.25) is 5.91 Å². The number of nitrogens with one attached hydrogen (secondary N) is 2. The van der Waals surface area contributed by atoms with Gasteiger partial charge in [0.1, 0.15) is 4.90 Å². The molecule has 0 bridgehead atoms. The molecule has 0 unspecified atom stereocenters. The highest BCUT2D eigenvalue weighted by Crippen LogP contribution is 2.27. The molecule has 2 aromatic carbocycles. The van der Waals surface area contributed by atoms with Crippen molar-refractivity contribution < 1.29 is 13.2 Å². The van der Waals surface area contributed by atoms with Crippen LogP contribution in [0.3, 0.4) is 0 Å². The lowest BCUT2D eigenvalue weighted by Crippen LogP contribution is -2.14. The second-order valence-corrected chi connectivity index (χ2v) is 6.86. The van der Waals surface area contributed by atoms with E-state index in [0.29, 0.717) is 11.4 Å². The summed E-state index contributed by atoms with van der Waals surface area (Å²) in [4.78, 5) is 10.9. The number of rotatable bonds is 4. The van der Waals surface area contributed by atoms with E-state index in [9.17, 15) is 13.2 Å². The molecule has 116 valence electrons. The smallest absolute Gasteiger partial charge is 0.263 e. The second-order valence-electron chi connectivity index (χ2n) is 4.80. The van der Waals surface area contributed by atoms with Crippen molar-refractivity contribution in [1.29, 1.82) is 0 Å². The van der Waals surface area contributed by atoms with Crippen molar-refractivity contribution in [3.8, 4) is 0 Å². The van der Waals surface area contributed by atoms with Crippen molar-refractivity contribution in [2.24, 2.45) is 0 Å². The molecular weight excluding hydrogens is 324 g/mol. The molecule has 0 aliphatic carbocycles. The van der Waals surface area contributed by atoms with Gasteiger partial charge in [0.05, 0.1) is 5.02 Å². The minimum absolute atomic E-state index is 0.0332. The zero-order valence-electron chi connectivity index (χ0n) is 12.1. The summed E-state index contributed by atoms with van der Waals surface area (Å²) in [5, 5.41) is 2.57. The van der Waals surface area contributed by atoms with Crippen molar-refractivity contribution >= 4 is 38.9 Å². The molecule has 2 aromatic rings. The highest BCUT2D eigenvalue weighted by Gasteiger charge is 2.18. The van der Waals surface area contributed by atoms with Crippen LogP contribution in [-0.2, 0) is 14.8 Å². The maximum Gasteiger partial charge on any atom is 0.263 e. The van der Waals surface area contributed by atoms with Gasteiger partial charge in [-0.1, -0.05) is 29.3 Å². The lowest BCUT2D eigenvalue weighted by Gasteiger charge is -2.11. The van der Waals surface area contributed by atoms with Gasteiger partial charge < -0.3 is 5.32 Å². The lowest BCUT2D eigenvalue weighted by molar-refractivity contribution is -0.114. The number of carbonyl (C=O) groups is 1. The van der Waals surface area contributed by atoms with Crippen LogP contribution < -0.4 is 10.0 Å². The van der Waals surface area contributed by atoms with Gasteiger partial charge in [0.25, 0.3) is 10.0 Å². The van der Waals surface area contributed by atoms with Crippen LogP contribution in [0.15, 0.2) is 47.4 Å². The fourth-order valence-electron chi connectivity index (χ4n) is 1.83. The monoisotopic (exact) mass is 338 g/mol. The normalized spacial score (nSPS) is 11.0. The molecule has 0 spiro atoms. The van der Waals surface area contributed by atoms with E-state index in [-0.39, 0.29) is 15.8 Å². The highest BCUT2D eigenvalue weighted by molar-refractivity contribution is 7.92. The summed E-state index contributed by atoms with van der Waals surface area (Å²) in [5.41, 5.74) is 1.92. The fourth-order valence-corrected chi connectivity index (χ4v) is 3.44. The Labute approximate surface area is 134 Å². The second kappa shape index (κ2) is 6.37. The Kier molecular flexibility index (Phi) is 4.73. The van der Waals surface area contributed by atoms with Gasteiger partial charge in [-0.3, -0.25) is 9.52 Å². The molecule has 2 rings (SSSR count). The first-order valence-electron chi connectivity index (χ1n) is 6.44. The van der Waals surface area contributed by atoms with E-state index in [0.717, 1.165) is 5.56 Å². The van der Waals surface area contributed by atoms with Gasteiger partial charge in [-0.2, -0.15) is 0 Å². The number of halogens is 1. The number of carbonyl (C=O) groups excluding carboxylic acids is 1. The predicted molar refractivity (Wildman–Crippen MR) is 87.7 cm³/mol. The van der Waals surface area contributed by atoms with Crippen LogP contribution in [0.4, 0.5) is 11.4 Å². The number of hydrogen-bond acceptors (Lipinski definition) is 3. The summed E-state index contributed by atoms with van der Waals surface area (Å²) in [6.07, 6.45) is 0. The summed E-state index contributed by atoms with van der Waals surface area (Å²) in [6.45, 7) is 3.27. The molecule has 0 aliphatic rings. The molecule has 0 atom stereocenters. The average molecular weight is 339 g/mol. The molecule has 22 heavy (non-hydrogen) atoms.